The number of amides is 3. The number of aliphatic imine (C=N–C) groups is 1. The number of fused-ring (bicyclic) bond motifs is 2. The first-order valence-corrected chi connectivity index (χ1v) is 22.3. The van der Waals surface area contributed by atoms with E-state index in [9.17, 15) is 19.2 Å². The van der Waals surface area contributed by atoms with E-state index >= 15 is 0 Å². The molecule has 0 saturated carbocycles. The molecule has 9 N–H and O–H groups in total. The molecular formula is C51H63N7O7. The Labute approximate surface area is 381 Å². The first-order valence-electron chi connectivity index (χ1n) is 22.3. The molecule has 5 rings (SSSR count). The minimum absolute atomic E-state index is 0.00892. The molecule has 0 saturated heterocycles. The van der Waals surface area contributed by atoms with Gasteiger partial charge in [0.2, 0.25) is 11.8 Å². The quantitative estimate of drug-likeness (QED) is 0.0118. The summed E-state index contributed by atoms with van der Waals surface area (Å²) in [6.45, 7) is 8.72. The van der Waals surface area contributed by atoms with Crippen molar-refractivity contribution in [3.05, 3.63) is 121 Å². The zero-order valence-corrected chi connectivity index (χ0v) is 37.4. The number of unbranched alkanes of at least 4 members (excludes halogenated alkanes) is 1. The zero-order chi connectivity index (χ0) is 46.6. The van der Waals surface area contributed by atoms with Crippen LogP contribution in [0.2, 0.25) is 0 Å². The third-order valence-corrected chi connectivity index (χ3v) is 10.7. The summed E-state index contributed by atoms with van der Waals surface area (Å²) in [6.07, 6.45) is 4.22. The number of carbonyl (C=O) groups excluding carboxylic acids is 4. The van der Waals surface area contributed by atoms with E-state index in [4.69, 9.17) is 31.4 Å². The predicted octanol–water partition coefficient (Wildman–Crippen LogP) is 6.42. The lowest BCUT2D eigenvalue weighted by atomic mass is 9.92. The number of nitrogens with zero attached hydrogens (tertiary/aromatic N) is 1. The van der Waals surface area contributed by atoms with Gasteiger partial charge < -0.3 is 47.4 Å². The van der Waals surface area contributed by atoms with Crippen LogP contribution in [0.15, 0.2) is 121 Å². The summed E-state index contributed by atoms with van der Waals surface area (Å²) in [6, 6.07) is 29.7. The maximum Gasteiger partial charge on any atom is 0.329 e. The van der Waals surface area contributed by atoms with Crippen molar-refractivity contribution in [2.24, 2.45) is 28.1 Å². The van der Waals surface area contributed by atoms with Crippen LogP contribution in [0, 0.1) is 5.92 Å². The van der Waals surface area contributed by atoms with E-state index in [1.54, 1.807) is 0 Å². The summed E-state index contributed by atoms with van der Waals surface area (Å²) in [5.41, 5.74) is 19.3. The summed E-state index contributed by atoms with van der Waals surface area (Å²) >= 11 is 0. The first-order chi connectivity index (χ1) is 31.5. The second kappa shape index (κ2) is 25.4. The van der Waals surface area contributed by atoms with Crippen molar-refractivity contribution in [3.8, 4) is 22.6 Å². The molecule has 0 aliphatic carbocycles. The number of ether oxygens (including phenoxy) is 3. The van der Waals surface area contributed by atoms with Crippen LogP contribution >= 0.6 is 0 Å². The fourth-order valence-electron chi connectivity index (χ4n) is 7.33. The highest BCUT2D eigenvalue weighted by atomic mass is 16.5. The third-order valence-electron chi connectivity index (χ3n) is 10.7. The van der Waals surface area contributed by atoms with Crippen molar-refractivity contribution in [2.45, 2.75) is 83.5 Å². The number of hydrogen-bond donors (Lipinski definition) is 6. The summed E-state index contributed by atoms with van der Waals surface area (Å²) in [5.74, 6) is -0.957. The van der Waals surface area contributed by atoms with Crippen LogP contribution in [-0.4, -0.2) is 74.1 Å². The number of nitrogens with one attached hydrogen (secondary N) is 3. The van der Waals surface area contributed by atoms with E-state index in [0.29, 0.717) is 49.8 Å². The van der Waals surface area contributed by atoms with Crippen molar-refractivity contribution in [2.75, 3.05) is 26.3 Å². The molecule has 3 amide bonds. The molecule has 0 aliphatic rings. The maximum atomic E-state index is 14.1. The minimum atomic E-state index is -1.13. The molecule has 5 aromatic rings. The molecule has 0 radical (unpaired) electrons. The van der Waals surface area contributed by atoms with E-state index in [1.165, 1.54) is 6.08 Å². The van der Waals surface area contributed by atoms with Gasteiger partial charge in [-0.2, -0.15) is 0 Å². The van der Waals surface area contributed by atoms with Crippen LogP contribution in [0.5, 0.6) is 11.5 Å². The van der Waals surface area contributed by atoms with Crippen LogP contribution in [0.1, 0.15) is 64.4 Å². The van der Waals surface area contributed by atoms with E-state index in [0.717, 1.165) is 44.7 Å². The van der Waals surface area contributed by atoms with Gasteiger partial charge >= 0.3 is 5.97 Å². The molecule has 0 aromatic heterocycles. The molecule has 14 heteroatoms. The molecule has 65 heavy (non-hydrogen) atoms. The highest BCUT2D eigenvalue weighted by Gasteiger charge is 2.30. The van der Waals surface area contributed by atoms with Gasteiger partial charge in [0.25, 0.3) is 5.91 Å². The average Bonchev–Trinajstić information content (AvgIpc) is 3.30. The Morgan fingerprint density at radius 1 is 0.677 bits per heavy atom. The van der Waals surface area contributed by atoms with Crippen molar-refractivity contribution in [1.29, 1.82) is 0 Å². The average molecular weight is 886 g/mol. The molecule has 14 nitrogen and oxygen atoms in total. The summed E-state index contributed by atoms with van der Waals surface area (Å²) in [4.78, 5) is 59.0. The van der Waals surface area contributed by atoms with Crippen LogP contribution < -0.4 is 42.6 Å². The van der Waals surface area contributed by atoms with Gasteiger partial charge in [0.15, 0.2) is 12.6 Å². The number of benzene rings is 5. The Kier molecular flexibility index (Phi) is 19.2. The topological polar surface area (TPSA) is 222 Å². The highest BCUT2D eigenvalue weighted by molar-refractivity contribution is 6.10. The molecule has 0 heterocycles. The van der Waals surface area contributed by atoms with Gasteiger partial charge in [0, 0.05) is 17.7 Å². The number of carbonyl (C=O) groups is 4. The Hall–Kier alpha value is -6.93. The second-order valence-corrected chi connectivity index (χ2v) is 16.2. The lowest BCUT2D eigenvalue weighted by molar-refractivity contribution is -0.149. The molecule has 0 aliphatic heterocycles. The predicted molar refractivity (Wildman–Crippen MR) is 257 cm³/mol. The Morgan fingerprint density at radius 3 is 1.85 bits per heavy atom. The fraction of sp³-hybridized carbons (Fsp3) is 0.353. The SMILES string of the molecule is C=CC[C@H](NC(=O)[C@@H](CCCN=C(N)N)NC(=O)[C@@H](CCCCN)NC(=O)COc1ccc2ccccc2c1-c1c(OCCC(C)C)ccc2ccccc12)C(=O)OCc1ccccc1. The second-order valence-electron chi connectivity index (χ2n) is 16.2. The summed E-state index contributed by atoms with van der Waals surface area (Å²) in [5, 5.41) is 12.3. The number of guanidine groups is 1. The normalized spacial score (nSPS) is 12.4. The van der Waals surface area contributed by atoms with Gasteiger partial charge in [0.1, 0.15) is 36.2 Å². The lowest BCUT2D eigenvalue weighted by Gasteiger charge is -2.25. The summed E-state index contributed by atoms with van der Waals surface area (Å²) in [7, 11) is 0. The highest BCUT2D eigenvalue weighted by Crippen LogP contribution is 2.45. The molecule has 0 bridgehead atoms. The van der Waals surface area contributed by atoms with Gasteiger partial charge in [0.05, 0.1) is 6.61 Å². The van der Waals surface area contributed by atoms with Crippen LogP contribution in [-0.2, 0) is 30.5 Å². The van der Waals surface area contributed by atoms with Crippen LogP contribution in [0.4, 0.5) is 0 Å². The number of rotatable bonds is 26. The molecule has 0 spiro atoms. The van der Waals surface area contributed by atoms with Crippen LogP contribution in [0.25, 0.3) is 32.7 Å². The Balaban J connectivity index is 1.37. The molecule has 344 valence electrons. The van der Waals surface area contributed by atoms with Crippen molar-refractivity contribution < 1.29 is 33.4 Å². The Morgan fingerprint density at radius 2 is 1.25 bits per heavy atom. The minimum Gasteiger partial charge on any atom is -0.493 e. The van der Waals surface area contributed by atoms with E-state index in [1.807, 2.05) is 97.1 Å². The van der Waals surface area contributed by atoms with E-state index in [-0.39, 0.29) is 38.4 Å². The largest absolute Gasteiger partial charge is 0.493 e. The van der Waals surface area contributed by atoms with Gasteiger partial charge in [-0.3, -0.25) is 19.4 Å². The lowest BCUT2D eigenvalue weighted by Crippen LogP contribution is -2.56. The monoisotopic (exact) mass is 885 g/mol. The maximum absolute atomic E-state index is 14.1. The van der Waals surface area contributed by atoms with Crippen molar-refractivity contribution in [1.82, 2.24) is 16.0 Å². The van der Waals surface area contributed by atoms with Gasteiger partial charge in [-0.25, -0.2) is 4.79 Å². The van der Waals surface area contributed by atoms with E-state index in [2.05, 4.69) is 47.4 Å². The summed E-state index contributed by atoms with van der Waals surface area (Å²) < 4.78 is 18.4. The number of esters is 1. The smallest absolute Gasteiger partial charge is 0.329 e. The number of nitrogens with two attached hydrogens (primary N) is 3. The molecule has 0 fully saturated rings. The first kappa shape index (κ1) is 49.1. The third kappa shape index (κ3) is 14.8. The van der Waals surface area contributed by atoms with Gasteiger partial charge in [-0.1, -0.05) is 111 Å². The molecule has 0 unspecified atom stereocenters. The Bertz CT molecular complexity index is 2400. The van der Waals surface area contributed by atoms with Gasteiger partial charge in [-0.15, -0.1) is 6.58 Å². The van der Waals surface area contributed by atoms with E-state index < -0.39 is 48.4 Å². The zero-order valence-electron chi connectivity index (χ0n) is 37.4. The van der Waals surface area contributed by atoms with Crippen molar-refractivity contribution >= 4 is 51.2 Å². The molecule has 3 atom stereocenters. The van der Waals surface area contributed by atoms with Crippen LogP contribution in [0.3, 0.4) is 0 Å². The van der Waals surface area contributed by atoms with Crippen molar-refractivity contribution in [3.63, 3.8) is 0 Å². The molecule has 5 aromatic carbocycles. The molecular weight excluding hydrogens is 823 g/mol. The standard InChI is InChI=1S/C51H63N7O7/c1-4-15-42(50(62)65-32-35-16-6-5-7-17-35)58-49(61)41(23-14-30-55-51(53)54)57-48(60)40(22-12-13-29-52)56-45(59)33-64-44-27-25-37-19-9-11-21-39(37)47(44)46-38-20-10-8-18-36(38)24-26-43(46)63-31-28-34(2)3/h4-11,16-21,24-27,34,40-42H,1,12-15,22-23,28-33,52H2,2-3H3,(H,56,59)(H,57,60)(H,58,61)(H4,53,54,55)/t40-,41-,42+/m1/s1. The van der Waals surface area contributed by atoms with Gasteiger partial charge in [-0.05, 0) is 96.6 Å². The number of hydrogen-bond acceptors (Lipinski definition) is 9. The fourth-order valence-corrected chi connectivity index (χ4v) is 7.33.